The number of anilines is 1. The number of amides is 1. The molecule has 34 heavy (non-hydrogen) atoms. The third kappa shape index (κ3) is 4.05. The maximum absolute atomic E-state index is 11.3. The van der Waals surface area contributed by atoms with Gasteiger partial charge in [0.1, 0.15) is 0 Å². The normalized spacial score (nSPS) is 21.4. The average molecular weight is 462 g/mol. The second kappa shape index (κ2) is 8.67. The number of fused-ring (bicyclic) bond motifs is 1. The third-order valence-corrected chi connectivity index (χ3v) is 8.12. The van der Waals surface area contributed by atoms with E-state index in [2.05, 4.69) is 39.4 Å². The minimum atomic E-state index is -0.782. The molecular formula is C27H35N5O2. The molecule has 2 fully saturated rings. The van der Waals surface area contributed by atoms with E-state index in [1.165, 1.54) is 59.3 Å². The number of piperidine rings is 1. The zero-order chi connectivity index (χ0) is 23.2. The van der Waals surface area contributed by atoms with Gasteiger partial charge in [-0.25, -0.2) is 4.79 Å². The monoisotopic (exact) mass is 461 g/mol. The van der Waals surface area contributed by atoms with Gasteiger partial charge in [-0.2, -0.15) is 5.10 Å². The summed E-state index contributed by atoms with van der Waals surface area (Å²) in [6.07, 6.45) is 14.8. The number of carbonyl (C=O) groups is 1. The second-order valence-electron chi connectivity index (χ2n) is 10.5. The number of aromatic nitrogens is 2. The van der Waals surface area contributed by atoms with Gasteiger partial charge in [-0.15, -0.1) is 0 Å². The molecule has 3 aliphatic heterocycles. The quantitative estimate of drug-likeness (QED) is 0.709. The lowest BCUT2D eigenvalue weighted by molar-refractivity contribution is 0.109. The fraction of sp³-hybridized carbons (Fsp3) is 0.556. The Bertz CT molecular complexity index is 1110. The SMILES string of the molecule is Cn1cc(-c2cc3c(cc2C2CC2)N(C2=CN(C4CCN(C(=O)O)CC4)CCC2)CCC3)cn1. The van der Waals surface area contributed by atoms with E-state index in [0.717, 1.165) is 38.8 Å². The molecule has 4 aliphatic rings. The number of likely N-dealkylation sites (tertiary alicyclic amines) is 1. The molecule has 1 amide bonds. The van der Waals surface area contributed by atoms with Gasteiger partial charge in [0.15, 0.2) is 0 Å². The number of benzene rings is 1. The molecule has 6 rings (SSSR count). The molecule has 0 bridgehead atoms. The van der Waals surface area contributed by atoms with Crippen molar-refractivity contribution in [3.8, 4) is 11.1 Å². The minimum absolute atomic E-state index is 0.449. The van der Waals surface area contributed by atoms with Gasteiger partial charge in [-0.1, -0.05) is 0 Å². The molecule has 2 aromatic rings. The average Bonchev–Trinajstić information content (AvgIpc) is 3.63. The third-order valence-electron chi connectivity index (χ3n) is 8.12. The van der Waals surface area contributed by atoms with E-state index in [1.807, 2.05) is 17.9 Å². The number of hydrogen-bond donors (Lipinski definition) is 1. The van der Waals surface area contributed by atoms with E-state index in [0.29, 0.717) is 25.0 Å². The lowest BCUT2D eigenvalue weighted by Gasteiger charge is -2.42. The van der Waals surface area contributed by atoms with Crippen LogP contribution in [0.2, 0.25) is 0 Å². The Morgan fingerprint density at radius 3 is 2.53 bits per heavy atom. The summed E-state index contributed by atoms with van der Waals surface area (Å²) in [4.78, 5) is 18.0. The molecule has 7 heteroatoms. The maximum Gasteiger partial charge on any atom is 0.407 e. The predicted molar refractivity (Wildman–Crippen MR) is 133 cm³/mol. The molecule has 1 saturated carbocycles. The highest BCUT2D eigenvalue weighted by molar-refractivity contribution is 5.75. The van der Waals surface area contributed by atoms with Crippen LogP contribution >= 0.6 is 0 Å². The molecule has 7 nitrogen and oxygen atoms in total. The largest absolute Gasteiger partial charge is 0.465 e. The van der Waals surface area contributed by atoms with Crippen LogP contribution in [0, 0.1) is 0 Å². The van der Waals surface area contributed by atoms with Crippen LogP contribution in [0.25, 0.3) is 11.1 Å². The highest BCUT2D eigenvalue weighted by Crippen LogP contribution is 2.48. The topological polar surface area (TPSA) is 64.8 Å². The number of hydrogen-bond acceptors (Lipinski definition) is 4. The van der Waals surface area contributed by atoms with Gasteiger partial charge >= 0.3 is 6.09 Å². The van der Waals surface area contributed by atoms with Gasteiger partial charge in [0, 0.05) is 68.6 Å². The van der Waals surface area contributed by atoms with E-state index < -0.39 is 6.09 Å². The van der Waals surface area contributed by atoms with Crippen LogP contribution < -0.4 is 4.90 Å². The Labute approximate surface area is 201 Å². The molecule has 1 aromatic carbocycles. The van der Waals surface area contributed by atoms with Crippen molar-refractivity contribution in [3.63, 3.8) is 0 Å². The highest BCUT2D eigenvalue weighted by atomic mass is 16.4. The minimum Gasteiger partial charge on any atom is -0.465 e. The Balaban J connectivity index is 1.29. The lowest BCUT2D eigenvalue weighted by atomic mass is 9.90. The Kier molecular flexibility index (Phi) is 5.50. The van der Waals surface area contributed by atoms with Crippen molar-refractivity contribution in [3.05, 3.63) is 47.6 Å². The van der Waals surface area contributed by atoms with Crippen molar-refractivity contribution >= 4 is 11.8 Å². The summed E-state index contributed by atoms with van der Waals surface area (Å²) in [5, 5.41) is 13.7. The van der Waals surface area contributed by atoms with Crippen LogP contribution in [-0.4, -0.2) is 63.0 Å². The molecule has 180 valence electrons. The molecular weight excluding hydrogens is 426 g/mol. The van der Waals surface area contributed by atoms with Crippen LogP contribution in [0.4, 0.5) is 10.5 Å². The van der Waals surface area contributed by atoms with E-state index in [-0.39, 0.29) is 0 Å². The van der Waals surface area contributed by atoms with E-state index in [9.17, 15) is 9.90 Å². The highest BCUT2D eigenvalue weighted by Gasteiger charge is 2.32. The van der Waals surface area contributed by atoms with Crippen molar-refractivity contribution < 1.29 is 9.90 Å². The standard InChI is InChI=1S/C27H35N5O2/c1-29-17-21(16-28-29)24-14-20-4-2-11-32(26(20)15-25(24)19-6-7-19)23-5-3-10-31(18-23)22-8-12-30(13-9-22)27(33)34/h14-19,22H,2-13H2,1H3,(H,33,34). The van der Waals surface area contributed by atoms with Crippen molar-refractivity contribution in [2.75, 3.05) is 31.1 Å². The van der Waals surface area contributed by atoms with E-state index in [4.69, 9.17) is 0 Å². The van der Waals surface area contributed by atoms with Crippen LogP contribution in [0.1, 0.15) is 62.0 Å². The van der Waals surface area contributed by atoms with Gasteiger partial charge in [0.05, 0.1) is 6.20 Å². The Morgan fingerprint density at radius 1 is 1.03 bits per heavy atom. The molecule has 0 unspecified atom stereocenters. The smallest absolute Gasteiger partial charge is 0.407 e. The van der Waals surface area contributed by atoms with Gasteiger partial charge in [0.25, 0.3) is 0 Å². The first-order chi connectivity index (χ1) is 16.6. The molecule has 1 saturated heterocycles. The summed E-state index contributed by atoms with van der Waals surface area (Å²) >= 11 is 0. The van der Waals surface area contributed by atoms with Crippen LogP contribution in [0.5, 0.6) is 0 Å². The number of aryl methyl sites for hydroxylation is 2. The summed E-state index contributed by atoms with van der Waals surface area (Å²) < 4.78 is 1.90. The fourth-order valence-electron chi connectivity index (χ4n) is 6.13. The number of carboxylic acid groups (broad SMARTS) is 1. The van der Waals surface area contributed by atoms with Crippen molar-refractivity contribution in [1.29, 1.82) is 0 Å². The second-order valence-corrected chi connectivity index (χ2v) is 10.5. The van der Waals surface area contributed by atoms with Crippen LogP contribution in [0.15, 0.2) is 36.4 Å². The first kappa shape index (κ1) is 21.6. The summed E-state index contributed by atoms with van der Waals surface area (Å²) in [5.41, 5.74) is 8.41. The first-order valence-electron chi connectivity index (χ1n) is 12.9. The maximum atomic E-state index is 11.3. The molecule has 0 spiro atoms. The van der Waals surface area contributed by atoms with Crippen LogP contribution in [-0.2, 0) is 13.5 Å². The first-order valence-corrected chi connectivity index (χ1v) is 12.9. The Morgan fingerprint density at radius 2 is 1.82 bits per heavy atom. The van der Waals surface area contributed by atoms with Gasteiger partial charge < -0.3 is 19.8 Å². The van der Waals surface area contributed by atoms with Crippen molar-refractivity contribution in [2.24, 2.45) is 7.05 Å². The van der Waals surface area contributed by atoms with E-state index >= 15 is 0 Å². The summed E-state index contributed by atoms with van der Waals surface area (Å²) in [5.74, 6) is 0.681. The molecule has 0 radical (unpaired) electrons. The Hall–Kier alpha value is -2.96. The summed E-state index contributed by atoms with van der Waals surface area (Å²) in [6, 6.07) is 5.40. The summed E-state index contributed by atoms with van der Waals surface area (Å²) in [6.45, 7) is 3.46. The molecule has 1 aliphatic carbocycles. The van der Waals surface area contributed by atoms with E-state index in [1.54, 1.807) is 4.90 Å². The zero-order valence-corrected chi connectivity index (χ0v) is 20.1. The zero-order valence-electron chi connectivity index (χ0n) is 20.1. The predicted octanol–water partition coefficient (Wildman–Crippen LogP) is 4.80. The number of rotatable bonds is 4. The molecule has 1 aromatic heterocycles. The van der Waals surface area contributed by atoms with Gasteiger partial charge in [0.2, 0.25) is 0 Å². The van der Waals surface area contributed by atoms with Crippen LogP contribution in [0.3, 0.4) is 0 Å². The van der Waals surface area contributed by atoms with Crippen molar-refractivity contribution in [2.45, 2.75) is 63.3 Å². The van der Waals surface area contributed by atoms with Gasteiger partial charge in [-0.3, -0.25) is 4.68 Å². The molecule has 0 atom stereocenters. The molecule has 4 heterocycles. The van der Waals surface area contributed by atoms with Gasteiger partial charge in [-0.05, 0) is 86.1 Å². The molecule has 1 N–H and O–H groups in total. The fourth-order valence-corrected chi connectivity index (χ4v) is 6.13. The lowest BCUT2D eigenvalue weighted by Crippen LogP contribution is -2.46. The summed E-state index contributed by atoms with van der Waals surface area (Å²) in [7, 11) is 1.99. The number of allylic oxidation sites excluding steroid dienone is 1. The van der Waals surface area contributed by atoms with Crippen molar-refractivity contribution in [1.82, 2.24) is 19.6 Å². The number of nitrogens with zero attached hydrogens (tertiary/aromatic N) is 5.